The molecule has 0 heterocycles. The fourth-order valence-corrected chi connectivity index (χ4v) is 3.96. The molecule has 0 unspecified atom stereocenters. The maximum Gasteiger partial charge on any atom is 0.238 e. The lowest BCUT2D eigenvalue weighted by Crippen LogP contribution is -2.12. The first kappa shape index (κ1) is 22.4. The Morgan fingerprint density at radius 3 is 2.30 bits per heavy atom. The van der Waals surface area contributed by atoms with Crippen LogP contribution in [0, 0.1) is 0 Å². The molecule has 0 amide bonds. The van der Waals surface area contributed by atoms with Gasteiger partial charge in [0.25, 0.3) is 0 Å². The summed E-state index contributed by atoms with van der Waals surface area (Å²) in [5.41, 5.74) is 2.70. The van der Waals surface area contributed by atoms with Gasteiger partial charge in [0.15, 0.2) is 11.5 Å². The number of methoxy groups -OCH3 is 1. The number of rotatable bonds is 8. The van der Waals surface area contributed by atoms with Crippen LogP contribution in [0.1, 0.15) is 11.1 Å². The Morgan fingerprint density at radius 1 is 1.03 bits per heavy atom. The molecule has 0 aliphatic heterocycles. The minimum atomic E-state index is -3.70. The van der Waals surface area contributed by atoms with Gasteiger partial charge in [0.05, 0.1) is 16.5 Å². The number of sulfonamides is 1. The molecule has 0 fully saturated rings. The second-order valence-corrected chi connectivity index (χ2v) is 9.30. The molecular formula is C21H20BrClN2O4S. The quantitative estimate of drug-likeness (QED) is 0.447. The second-order valence-electron chi connectivity index (χ2n) is 6.45. The molecule has 3 N–H and O–H groups in total. The van der Waals surface area contributed by atoms with Crippen molar-refractivity contribution in [2.24, 2.45) is 5.14 Å². The number of benzene rings is 3. The third-order valence-corrected chi connectivity index (χ3v) is 6.04. The molecule has 0 aliphatic rings. The summed E-state index contributed by atoms with van der Waals surface area (Å²) < 4.78 is 34.9. The molecule has 0 saturated carbocycles. The Hall–Kier alpha value is -2.26. The van der Waals surface area contributed by atoms with Crippen molar-refractivity contribution < 1.29 is 17.9 Å². The highest BCUT2D eigenvalue weighted by atomic mass is 79.9. The first-order valence-corrected chi connectivity index (χ1v) is 11.6. The Kier molecular flexibility index (Phi) is 7.25. The molecule has 0 atom stereocenters. The molecular weight excluding hydrogens is 492 g/mol. The molecule has 6 nitrogen and oxygen atoms in total. The number of primary sulfonamides is 1. The normalized spacial score (nSPS) is 11.2. The van der Waals surface area contributed by atoms with Crippen molar-refractivity contribution in [1.29, 1.82) is 0 Å². The Morgan fingerprint density at radius 2 is 1.70 bits per heavy atom. The summed E-state index contributed by atoms with van der Waals surface area (Å²) in [6.45, 7) is 0.876. The van der Waals surface area contributed by atoms with Crippen LogP contribution in [0.15, 0.2) is 70.0 Å². The van der Waals surface area contributed by atoms with E-state index < -0.39 is 10.0 Å². The Bertz CT molecular complexity index is 1120. The van der Waals surface area contributed by atoms with E-state index in [1.165, 1.54) is 12.1 Å². The maximum absolute atomic E-state index is 11.3. The van der Waals surface area contributed by atoms with Crippen LogP contribution >= 0.6 is 27.5 Å². The van der Waals surface area contributed by atoms with E-state index in [2.05, 4.69) is 21.2 Å². The zero-order valence-electron chi connectivity index (χ0n) is 16.1. The largest absolute Gasteiger partial charge is 0.493 e. The maximum atomic E-state index is 11.3. The van der Waals surface area contributed by atoms with Crippen molar-refractivity contribution in [2.45, 2.75) is 18.0 Å². The van der Waals surface area contributed by atoms with Crippen LogP contribution in [0.5, 0.6) is 11.5 Å². The lowest BCUT2D eigenvalue weighted by atomic mass is 10.2. The van der Waals surface area contributed by atoms with E-state index in [0.717, 1.165) is 21.3 Å². The van der Waals surface area contributed by atoms with Gasteiger partial charge >= 0.3 is 0 Å². The van der Waals surface area contributed by atoms with Gasteiger partial charge in [0.1, 0.15) is 6.61 Å². The van der Waals surface area contributed by atoms with Gasteiger partial charge in [-0.25, -0.2) is 13.6 Å². The summed E-state index contributed by atoms with van der Waals surface area (Å²) in [4.78, 5) is 0.0691. The third-order valence-electron chi connectivity index (χ3n) is 4.27. The van der Waals surface area contributed by atoms with Gasteiger partial charge in [0.2, 0.25) is 10.0 Å². The highest BCUT2D eigenvalue weighted by Gasteiger charge is 2.13. The smallest absolute Gasteiger partial charge is 0.238 e. The lowest BCUT2D eigenvalue weighted by molar-refractivity contribution is 0.282. The van der Waals surface area contributed by atoms with E-state index in [1.54, 1.807) is 19.2 Å². The highest BCUT2D eigenvalue weighted by molar-refractivity contribution is 9.10. The zero-order chi connectivity index (χ0) is 21.7. The van der Waals surface area contributed by atoms with Crippen LogP contribution in [-0.4, -0.2) is 15.5 Å². The topological polar surface area (TPSA) is 90.6 Å². The van der Waals surface area contributed by atoms with E-state index in [4.69, 9.17) is 26.2 Å². The van der Waals surface area contributed by atoms with Crippen LogP contribution in [0.2, 0.25) is 5.02 Å². The molecule has 0 aromatic heterocycles. The fourth-order valence-electron chi connectivity index (χ4n) is 2.72. The van der Waals surface area contributed by atoms with E-state index in [-0.39, 0.29) is 4.90 Å². The van der Waals surface area contributed by atoms with Crippen molar-refractivity contribution in [1.82, 2.24) is 0 Å². The number of hydrogen-bond donors (Lipinski definition) is 2. The molecule has 0 spiro atoms. The molecule has 0 saturated heterocycles. The number of anilines is 1. The molecule has 3 aromatic carbocycles. The summed E-state index contributed by atoms with van der Waals surface area (Å²) in [5, 5.41) is 9.03. The van der Waals surface area contributed by atoms with Gasteiger partial charge in [-0.15, -0.1) is 0 Å². The van der Waals surface area contributed by atoms with Gasteiger partial charge in [-0.3, -0.25) is 0 Å². The lowest BCUT2D eigenvalue weighted by Gasteiger charge is -2.15. The zero-order valence-corrected chi connectivity index (χ0v) is 19.2. The second kappa shape index (κ2) is 9.70. The summed E-state index contributed by atoms with van der Waals surface area (Å²) in [6.07, 6.45) is 0. The molecule has 9 heteroatoms. The van der Waals surface area contributed by atoms with Crippen molar-refractivity contribution >= 4 is 43.2 Å². The van der Waals surface area contributed by atoms with Crippen molar-refractivity contribution in [3.8, 4) is 11.5 Å². The SMILES string of the molecule is COc1cc(CNc2ccc(S(N)(=O)=O)cc2)cc(Br)c1OCc1ccc(Cl)cc1. The van der Waals surface area contributed by atoms with Crippen molar-refractivity contribution in [3.63, 3.8) is 0 Å². The van der Waals surface area contributed by atoms with Crippen molar-refractivity contribution in [2.75, 3.05) is 12.4 Å². The van der Waals surface area contributed by atoms with Crippen LogP contribution in [0.4, 0.5) is 5.69 Å². The average Bonchev–Trinajstić information content (AvgIpc) is 2.72. The van der Waals surface area contributed by atoms with E-state index in [0.29, 0.717) is 29.7 Å². The minimum absolute atomic E-state index is 0.0691. The first-order valence-electron chi connectivity index (χ1n) is 8.86. The van der Waals surface area contributed by atoms with Gasteiger partial charge in [-0.1, -0.05) is 23.7 Å². The molecule has 0 aliphatic carbocycles. The fraction of sp³-hybridized carbons (Fsp3) is 0.143. The average molecular weight is 512 g/mol. The number of hydrogen-bond acceptors (Lipinski definition) is 5. The van der Waals surface area contributed by atoms with E-state index in [1.807, 2.05) is 36.4 Å². The summed E-state index contributed by atoms with van der Waals surface area (Å²) >= 11 is 9.46. The van der Waals surface area contributed by atoms with Crippen LogP contribution in [0.3, 0.4) is 0 Å². The minimum Gasteiger partial charge on any atom is -0.493 e. The Labute approximate surface area is 189 Å². The summed E-state index contributed by atoms with van der Waals surface area (Å²) in [6, 6.07) is 17.5. The highest BCUT2D eigenvalue weighted by Crippen LogP contribution is 2.37. The number of nitrogens with two attached hydrogens (primary N) is 1. The van der Waals surface area contributed by atoms with Crippen LogP contribution < -0.4 is 19.9 Å². The monoisotopic (exact) mass is 510 g/mol. The summed E-state index contributed by atoms with van der Waals surface area (Å²) in [5.74, 6) is 1.20. The Balaban J connectivity index is 1.69. The molecule has 3 aromatic rings. The number of halogens is 2. The molecule has 30 heavy (non-hydrogen) atoms. The number of ether oxygens (including phenoxy) is 2. The van der Waals surface area contributed by atoms with Gasteiger partial charge in [0, 0.05) is 17.3 Å². The van der Waals surface area contributed by atoms with Gasteiger partial charge in [-0.05, 0) is 75.6 Å². The number of nitrogens with one attached hydrogen (secondary N) is 1. The molecule has 0 radical (unpaired) electrons. The predicted octanol–water partition coefficient (Wildman–Crippen LogP) is 4.95. The van der Waals surface area contributed by atoms with Crippen LogP contribution in [0.25, 0.3) is 0 Å². The van der Waals surface area contributed by atoms with E-state index >= 15 is 0 Å². The van der Waals surface area contributed by atoms with E-state index in [9.17, 15) is 8.42 Å². The standard InChI is InChI=1S/C21H20BrClN2O4S/c1-28-20-11-15(12-25-17-6-8-18(9-7-17)30(24,26)27)10-19(22)21(20)29-13-14-2-4-16(23)5-3-14/h2-11,25H,12-13H2,1H3,(H2,24,26,27). The molecule has 158 valence electrons. The predicted molar refractivity (Wildman–Crippen MR) is 122 cm³/mol. The first-order chi connectivity index (χ1) is 14.3. The van der Waals surface area contributed by atoms with Crippen LogP contribution in [-0.2, 0) is 23.2 Å². The molecule has 0 bridgehead atoms. The van der Waals surface area contributed by atoms with Crippen molar-refractivity contribution in [3.05, 3.63) is 81.3 Å². The van der Waals surface area contributed by atoms with Gasteiger partial charge in [-0.2, -0.15) is 0 Å². The molecule has 3 rings (SSSR count). The third kappa shape index (κ3) is 5.89. The summed E-state index contributed by atoms with van der Waals surface area (Å²) in [7, 11) is -2.12. The van der Waals surface area contributed by atoms with Gasteiger partial charge < -0.3 is 14.8 Å².